The van der Waals surface area contributed by atoms with Gasteiger partial charge in [0.2, 0.25) is 0 Å². The molecule has 1 aliphatic carbocycles. The molecule has 2 rings (SSSR count). The van der Waals surface area contributed by atoms with E-state index in [9.17, 15) is 14.7 Å². The number of amides is 2. The van der Waals surface area contributed by atoms with Crippen LogP contribution in [-0.2, 0) is 4.79 Å². The van der Waals surface area contributed by atoms with Gasteiger partial charge in [0, 0.05) is 13.1 Å². The van der Waals surface area contributed by atoms with Crippen LogP contribution in [0.5, 0.6) is 0 Å². The molecule has 2 unspecified atom stereocenters. The first-order valence-corrected chi connectivity index (χ1v) is 7.68. The van der Waals surface area contributed by atoms with E-state index in [4.69, 9.17) is 0 Å². The molecule has 114 valence electrons. The lowest BCUT2D eigenvalue weighted by atomic mass is 9.89. The molecular formula is C15H26N2O3. The second-order valence-electron chi connectivity index (χ2n) is 6.85. The number of nitrogens with zero attached hydrogens (tertiary/aromatic N) is 1. The molecule has 5 nitrogen and oxygen atoms in total. The number of carboxylic acid groups (broad SMARTS) is 1. The van der Waals surface area contributed by atoms with Gasteiger partial charge in [0.25, 0.3) is 0 Å². The van der Waals surface area contributed by atoms with E-state index >= 15 is 0 Å². The van der Waals surface area contributed by atoms with Crippen molar-refractivity contribution in [1.29, 1.82) is 0 Å². The summed E-state index contributed by atoms with van der Waals surface area (Å²) in [5, 5.41) is 12.2. The van der Waals surface area contributed by atoms with Crippen LogP contribution < -0.4 is 5.32 Å². The maximum atomic E-state index is 12.3. The Morgan fingerprint density at radius 1 is 1.35 bits per heavy atom. The maximum absolute atomic E-state index is 12.3. The standard InChI is InChI=1S/C15H26N2O3/c1-11-5-8-17(12(9-11)13(18)19)14(20)16-10-15(2)6-3-4-7-15/h11-12H,3-10H2,1-2H3,(H,16,20)(H,18,19). The quantitative estimate of drug-likeness (QED) is 0.835. The van der Waals surface area contributed by atoms with E-state index in [1.54, 1.807) is 0 Å². The number of carboxylic acids is 1. The summed E-state index contributed by atoms with van der Waals surface area (Å²) in [6, 6.07) is -0.882. The molecule has 0 bridgehead atoms. The predicted molar refractivity (Wildman–Crippen MR) is 76.5 cm³/mol. The van der Waals surface area contributed by atoms with Gasteiger partial charge in [0.1, 0.15) is 6.04 Å². The van der Waals surface area contributed by atoms with Crippen molar-refractivity contribution in [1.82, 2.24) is 10.2 Å². The van der Waals surface area contributed by atoms with Crippen LogP contribution in [0.4, 0.5) is 4.79 Å². The Bertz CT molecular complexity index is 377. The van der Waals surface area contributed by atoms with E-state index in [-0.39, 0.29) is 11.4 Å². The second kappa shape index (κ2) is 6.02. The Balaban J connectivity index is 1.91. The first-order valence-electron chi connectivity index (χ1n) is 7.68. The second-order valence-corrected chi connectivity index (χ2v) is 6.85. The molecule has 1 heterocycles. The molecule has 1 saturated heterocycles. The molecule has 2 aliphatic rings. The van der Waals surface area contributed by atoms with Crippen LogP contribution in [0.2, 0.25) is 0 Å². The topological polar surface area (TPSA) is 69.6 Å². The van der Waals surface area contributed by atoms with Gasteiger partial charge in [-0.05, 0) is 37.0 Å². The summed E-state index contributed by atoms with van der Waals surface area (Å²) in [6.07, 6.45) is 6.19. The van der Waals surface area contributed by atoms with Crippen LogP contribution in [0, 0.1) is 11.3 Å². The molecule has 0 aromatic heterocycles. The van der Waals surface area contributed by atoms with Crippen molar-refractivity contribution in [2.45, 2.75) is 58.4 Å². The number of carbonyl (C=O) groups is 2. The highest BCUT2D eigenvalue weighted by Crippen LogP contribution is 2.36. The zero-order chi connectivity index (χ0) is 14.8. The van der Waals surface area contributed by atoms with Crippen LogP contribution >= 0.6 is 0 Å². The molecular weight excluding hydrogens is 256 g/mol. The van der Waals surface area contributed by atoms with E-state index in [2.05, 4.69) is 12.2 Å². The maximum Gasteiger partial charge on any atom is 0.326 e. The van der Waals surface area contributed by atoms with Crippen molar-refractivity contribution in [3.05, 3.63) is 0 Å². The van der Waals surface area contributed by atoms with Gasteiger partial charge in [0.05, 0.1) is 0 Å². The number of urea groups is 1. The van der Waals surface area contributed by atoms with Crippen molar-refractivity contribution in [2.75, 3.05) is 13.1 Å². The minimum atomic E-state index is -0.890. The zero-order valence-electron chi connectivity index (χ0n) is 12.5. The lowest BCUT2D eigenvalue weighted by Crippen LogP contribution is -2.54. The van der Waals surface area contributed by atoms with Gasteiger partial charge >= 0.3 is 12.0 Å². The number of hydrogen-bond acceptors (Lipinski definition) is 2. The highest BCUT2D eigenvalue weighted by atomic mass is 16.4. The van der Waals surface area contributed by atoms with E-state index in [0.717, 1.165) is 19.3 Å². The first kappa shape index (κ1) is 15.1. The summed E-state index contributed by atoms with van der Waals surface area (Å²) < 4.78 is 0. The highest BCUT2D eigenvalue weighted by molar-refractivity contribution is 5.82. The fourth-order valence-electron chi connectivity index (χ4n) is 3.41. The van der Waals surface area contributed by atoms with Gasteiger partial charge in [-0.1, -0.05) is 26.7 Å². The van der Waals surface area contributed by atoms with Gasteiger partial charge in [-0.15, -0.1) is 0 Å². The highest BCUT2D eigenvalue weighted by Gasteiger charge is 2.36. The van der Waals surface area contributed by atoms with Crippen LogP contribution in [0.3, 0.4) is 0 Å². The average molecular weight is 282 g/mol. The van der Waals surface area contributed by atoms with Crippen molar-refractivity contribution in [3.8, 4) is 0 Å². The average Bonchev–Trinajstić information content (AvgIpc) is 2.83. The Labute approximate surface area is 120 Å². The van der Waals surface area contributed by atoms with Gasteiger partial charge in [0.15, 0.2) is 0 Å². The van der Waals surface area contributed by atoms with Crippen LogP contribution in [0.1, 0.15) is 52.4 Å². The third kappa shape index (κ3) is 3.44. The Morgan fingerprint density at radius 2 is 2.00 bits per heavy atom. The molecule has 2 atom stereocenters. The molecule has 5 heteroatoms. The third-order valence-electron chi connectivity index (χ3n) is 4.89. The SMILES string of the molecule is CC1CCN(C(=O)NCC2(C)CCCC2)C(C(=O)O)C1. The summed E-state index contributed by atoms with van der Waals surface area (Å²) in [4.78, 5) is 25.1. The number of aliphatic carboxylic acids is 1. The summed E-state index contributed by atoms with van der Waals surface area (Å²) in [6.45, 7) is 5.45. The predicted octanol–water partition coefficient (Wildman–Crippen LogP) is 2.46. The van der Waals surface area contributed by atoms with Gasteiger partial charge in [-0.25, -0.2) is 9.59 Å². The molecule has 2 amide bonds. The molecule has 0 spiro atoms. The van der Waals surface area contributed by atoms with Crippen LogP contribution in [0.15, 0.2) is 0 Å². The minimum absolute atomic E-state index is 0.192. The fourth-order valence-corrected chi connectivity index (χ4v) is 3.41. The first-order chi connectivity index (χ1) is 9.41. The van der Waals surface area contributed by atoms with Gasteiger partial charge in [-0.3, -0.25) is 0 Å². The van der Waals surface area contributed by atoms with E-state index in [1.807, 2.05) is 6.92 Å². The number of piperidine rings is 1. The Kier molecular flexibility index (Phi) is 4.55. The summed E-state index contributed by atoms with van der Waals surface area (Å²) in [7, 11) is 0. The fraction of sp³-hybridized carbons (Fsp3) is 0.867. The summed E-state index contributed by atoms with van der Waals surface area (Å²) in [5.41, 5.74) is 0.192. The van der Waals surface area contributed by atoms with Crippen molar-refractivity contribution in [3.63, 3.8) is 0 Å². The van der Waals surface area contributed by atoms with Crippen molar-refractivity contribution < 1.29 is 14.7 Å². The third-order valence-corrected chi connectivity index (χ3v) is 4.89. The van der Waals surface area contributed by atoms with E-state index < -0.39 is 12.0 Å². The molecule has 0 radical (unpaired) electrons. The molecule has 0 aromatic rings. The number of hydrogen-bond donors (Lipinski definition) is 2. The van der Waals surface area contributed by atoms with E-state index in [1.165, 1.54) is 17.7 Å². The number of rotatable bonds is 3. The monoisotopic (exact) mass is 282 g/mol. The van der Waals surface area contributed by atoms with Crippen LogP contribution in [-0.4, -0.2) is 41.1 Å². The van der Waals surface area contributed by atoms with E-state index in [0.29, 0.717) is 25.4 Å². The largest absolute Gasteiger partial charge is 0.480 e. The minimum Gasteiger partial charge on any atom is -0.480 e. The van der Waals surface area contributed by atoms with Gasteiger partial charge < -0.3 is 15.3 Å². The lowest BCUT2D eigenvalue weighted by molar-refractivity contribution is -0.143. The number of carbonyl (C=O) groups excluding carboxylic acids is 1. The van der Waals surface area contributed by atoms with Crippen molar-refractivity contribution >= 4 is 12.0 Å². The normalized spacial score (nSPS) is 29.2. The lowest BCUT2D eigenvalue weighted by Gasteiger charge is -2.36. The molecule has 2 N–H and O–H groups in total. The van der Waals surface area contributed by atoms with Gasteiger partial charge in [-0.2, -0.15) is 0 Å². The zero-order valence-corrected chi connectivity index (χ0v) is 12.5. The van der Waals surface area contributed by atoms with Crippen molar-refractivity contribution in [2.24, 2.45) is 11.3 Å². The molecule has 1 aliphatic heterocycles. The molecule has 1 saturated carbocycles. The Hall–Kier alpha value is -1.26. The molecule has 2 fully saturated rings. The number of likely N-dealkylation sites (tertiary alicyclic amines) is 1. The molecule has 0 aromatic carbocycles. The smallest absolute Gasteiger partial charge is 0.326 e. The summed E-state index contributed by atoms with van der Waals surface area (Å²) >= 11 is 0. The van der Waals surface area contributed by atoms with Crippen LogP contribution in [0.25, 0.3) is 0 Å². The summed E-state index contributed by atoms with van der Waals surface area (Å²) in [5.74, 6) is -0.522. The Morgan fingerprint density at radius 3 is 2.60 bits per heavy atom. The number of nitrogens with one attached hydrogen (secondary N) is 1. The molecule has 20 heavy (non-hydrogen) atoms.